The van der Waals surface area contributed by atoms with E-state index in [0.717, 1.165) is 17.5 Å². The number of hydrogen-bond donors (Lipinski definition) is 2. The van der Waals surface area contributed by atoms with Gasteiger partial charge in [0.05, 0.1) is 12.8 Å². The SMILES string of the molecule is O=C(COc1ccccc1Cc1ccccc1)NCc1cccc(C(=O)NCc2ccco2)c1. The first-order valence-electron chi connectivity index (χ1n) is 11.1. The van der Waals surface area contributed by atoms with Crippen LogP contribution in [0.15, 0.2) is 102 Å². The molecule has 4 rings (SSSR count). The number of hydrogen-bond acceptors (Lipinski definition) is 4. The lowest BCUT2D eigenvalue weighted by Gasteiger charge is -2.12. The van der Waals surface area contributed by atoms with E-state index in [1.807, 2.05) is 48.5 Å². The van der Waals surface area contributed by atoms with Crippen molar-refractivity contribution in [1.29, 1.82) is 0 Å². The van der Waals surface area contributed by atoms with Crippen LogP contribution in [0.1, 0.15) is 32.8 Å². The highest BCUT2D eigenvalue weighted by molar-refractivity contribution is 5.94. The quantitative estimate of drug-likeness (QED) is 0.370. The molecule has 2 amide bonds. The van der Waals surface area contributed by atoms with Crippen LogP contribution in [-0.2, 0) is 24.3 Å². The summed E-state index contributed by atoms with van der Waals surface area (Å²) in [5, 5.41) is 5.66. The molecule has 0 aliphatic carbocycles. The topological polar surface area (TPSA) is 80.6 Å². The Morgan fingerprint density at radius 1 is 0.765 bits per heavy atom. The predicted octanol–water partition coefficient (Wildman–Crippen LogP) is 4.50. The van der Waals surface area contributed by atoms with Crippen molar-refractivity contribution in [3.63, 3.8) is 0 Å². The fourth-order valence-corrected chi connectivity index (χ4v) is 3.51. The van der Waals surface area contributed by atoms with Crippen molar-refractivity contribution in [1.82, 2.24) is 10.6 Å². The van der Waals surface area contributed by atoms with Gasteiger partial charge in [-0.2, -0.15) is 0 Å². The lowest BCUT2D eigenvalue weighted by molar-refractivity contribution is -0.123. The molecule has 1 aromatic heterocycles. The third-order valence-corrected chi connectivity index (χ3v) is 5.25. The molecular weight excluding hydrogens is 428 g/mol. The lowest BCUT2D eigenvalue weighted by Crippen LogP contribution is -2.28. The summed E-state index contributed by atoms with van der Waals surface area (Å²) in [7, 11) is 0. The van der Waals surface area contributed by atoms with Crippen LogP contribution in [0.3, 0.4) is 0 Å². The Labute approximate surface area is 198 Å². The van der Waals surface area contributed by atoms with Crippen molar-refractivity contribution < 1.29 is 18.7 Å². The first kappa shape index (κ1) is 22.9. The third-order valence-electron chi connectivity index (χ3n) is 5.25. The van der Waals surface area contributed by atoms with Gasteiger partial charge >= 0.3 is 0 Å². The standard InChI is InChI=1S/C28H26N2O4/c31-27(20-34-26-14-5-4-11-23(26)16-21-8-2-1-3-9-21)29-18-22-10-6-12-24(17-22)28(32)30-19-25-13-7-15-33-25/h1-15,17H,16,18-20H2,(H,29,31)(H,30,32). The minimum absolute atomic E-state index is 0.0882. The highest BCUT2D eigenvalue weighted by Gasteiger charge is 2.10. The largest absolute Gasteiger partial charge is 0.483 e. The summed E-state index contributed by atoms with van der Waals surface area (Å²) in [5.74, 6) is 0.934. The smallest absolute Gasteiger partial charge is 0.258 e. The predicted molar refractivity (Wildman–Crippen MR) is 129 cm³/mol. The summed E-state index contributed by atoms with van der Waals surface area (Å²) in [6.07, 6.45) is 2.30. The van der Waals surface area contributed by atoms with Crippen LogP contribution in [0.2, 0.25) is 0 Å². The molecule has 0 unspecified atom stereocenters. The van der Waals surface area contributed by atoms with Crippen LogP contribution in [-0.4, -0.2) is 18.4 Å². The number of carbonyl (C=O) groups is 2. The molecule has 2 N–H and O–H groups in total. The molecule has 172 valence electrons. The molecule has 0 aliphatic rings. The Morgan fingerprint density at radius 3 is 2.38 bits per heavy atom. The van der Waals surface area contributed by atoms with E-state index in [1.165, 1.54) is 5.56 Å². The molecule has 1 heterocycles. The number of amides is 2. The zero-order chi connectivity index (χ0) is 23.6. The van der Waals surface area contributed by atoms with Gasteiger partial charge in [0.1, 0.15) is 11.5 Å². The minimum Gasteiger partial charge on any atom is -0.483 e. The fourth-order valence-electron chi connectivity index (χ4n) is 3.51. The van der Waals surface area contributed by atoms with Crippen LogP contribution in [0.25, 0.3) is 0 Å². The molecule has 0 atom stereocenters. The van der Waals surface area contributed by atoms with Crippen molar-refractivity contribution in [2.24, 2.45) is 0 Å². The Balaban J connectivity index is 1.27. The van der Waals surface area contributed by atoms with E-state index in [2.05, 4.69) is 22.8 Å². The number of ether oxygens (including phenoxy) is 1. The molecule has 0 radical (unpaired) electrons. The summed E-state index contributed by atoms with van der Waals surface area (Å²) in [5.41, 5.74) is 3.54. The van der Waals surface area contributed by atoms with Crippen LogP contribution < -0.4 is 15.4 Å². The van der Waals surface area contributed by atoms with E-state index in [-0.39, 0.29) is 18.4 Å². The monoisotopic (exact) mass is 454 g/mol. The zero-order valence-corrected chi connectivity index (χ0v) is 18.7. The number of rotatable bonds is 10. The molecule has 4 aromatic rings. The number of para-hydroxylation sites is 1. The summed E-state index contributed by atoms with van der Waals surface area (Å²) in [4.78, 5) is 24.8. The van der Waals surface area contributed by atoms with Gasteiger partial charge < -0.3 is 19.8 Å². The molecule has 0 saturated carbocycles. The normalized spacial score (nSPS) is 10.5. The Bertz CT molecular complexity index is 1220. The molecule has 0 bridgehead atoms. The Hall–Kier alpha value is -4.32. The number of carbonyl (C=O) groups excluding carboxylic acids is 2. The van der Waals surface area contributed by atoms with Crippen molar-refractivity contribution in [3.8, 4) is 5.75 Å². The van der Waals surface area contributed by atoms with Gasteiger partial charge in [-0.1, -0.05) is 60.7 Å². The number of nitrogens with one attached hydrogen (secondary N) is 2. The second-order valence-corrected chi connectivity index (χ2v) is 7.80. The summed E-state index contributed by atoms with van der Waals surface area (Å²) in [6.45, 7) is 0.526. The van der Waals surface area contributed by atoms with Crippen molar-refractivity contribution in [2.45, 2.75) is 19.5 Å². The van der Waals surface area contributed by atoms with Crippen LogP contribution in [0.4, 0.5) is 0 Å². The Morgan fingerprint density at radius 2 is 1.56 bits per heavy atom. The number of furan rings is 1. The van der Waals surface area contributed by atoms with Gasteiger partial charge in [0, 0.05) is 18.5 Å². The summed E-state index contributed by atoms with van der Waals surface area (Å²) in [6, 6.07) is 28.6. The van der Waals surface area contributed by atoms with E-state index < -0.39 is 0 Å². The van der Waals surface area contributed by atoms with E-state index >= 15 is 0 Å². The highest BCUT2D eigenvalue weighted by Crippen LogP contribution is 2.21. The molecule has 34 heavy (non-hydrogen) atoms. The van der Waals surface area contributed by atoms with Crippen LogP contribution in [0, 0.1) is 0 Å². The van der Waals surface area contributed by atoms with Crippen molar-refractivity contribution in [2.75, 3.05) is 6.61 Å². The van der Waals surface area contributed by atoms with E-state index in [1.54, 1.807) is 36.6 Å². The average Bonchev–Trinajstić information content (AvgIpc) is 3.40. The molecule has 0 fully saturated rings. The van der Waals surface area contributed by atoms with Crippen molar-refractivity contribution in [3.05, 3.63) is 125 Å². The van der Waals surface area contributed by atoms with Gasteiger partial charge in [-0.25, -0.2) is 0 Å². The summed E-state index contributed by atoms with van der Waals surface area (Å²) >= 11 is 0. The van der Waals surface area contributed by atoms with E-state index in [9.17, 15) is 9.59 Å². The fraction of sp³-hybridized carbons (Fsp3) is 0.143. The molecule has 6 heteroatoms. The highest BCUT2D eigenvalue weighted by atomic mass is 16.5. The molecule has 0 aliphatic heterocycles. The second-order valence-electron chi connectivity index (χ2n) is 7.80. The average molecular weight is 455 g/mol. The van der Waals surface area contributed by atoms with Crippen LogP contribution in [0.5, 0.6) is 5.75 Å². The molecule has 3 aromatic carbocycles. The van der Waals surface area contributed by atoms with Gasteiger partial charge in [-0.15, -0.1) is 0 Å². The molecular formula is C28H26N2O4. The maximum atomic E-state index is 12.4. The minimum atomic E-state index is -0.234. The van der Waals surface area contributed by atoms with Gasteiger partial charge in [0.25, 0.3) is 11.8 Å². The Kier molecular flexibility index (Phi) is 7.74. The van der Waals surface area contributed by atoms with Gasteiger partial charge in [-0.3, -0.25) is 9.59 Å². The first-order valence-corrected chi connectivity index (χ1v) is 11.1. The van der Waals surface area contributed by atoms with Gasteiger partial charge in [-0.05, 0) is 47.0 Å². The zero-order valence-electron chi connectivity index (χ0n) is 18.7. The molecule has 0 spiro atoms. The first-order chi connectivity index (χ1) is 16.7. The maximum absolute atomic E-state index is 12.4. The van der Waals surface area contributed by atoms with E-state index in [4.69, 9.17) is 9.15 Å². The second kappa shape index (κ2) is 11.5. The maximum Gasteiger partial charge on any atom is 0.258 e. The van der Waals surface area contributed by atoms with Gasteiger partial charge in [0.15, 0.2) is 6.61 Å². The van der Waals surface area contributed by atoms with Crippen molar-refractivity contribution >= 4 is 11.8 Å². The summed E-state index contributed by atoms with van der Waals surface area (Å²) < 4.78 is 11.0. The number of benzene rings is 3. The van der Waals surface area contributed by atoms with E-state index in [0.29, 0.717) is 30.2 Å². The molecule has 6 nitrogen and oxygen atoms in total. The van der Waals surface area contributed by atoms with Gasteiger partial charge in [0.2, 0.25) is 0 Å². The molecule has 0 saturated heterocycles. The van der Waals surface area contributed by atoms with Crippen LogP contribution >= 0.6 is 0 Å². The third kappa shape index (κ3) is 6.59. The lowest BCUT2D eigenvalue weighted by atomic mass is 10.0.